The highest BCUT2D eigenvalue weighted by Crippen LogP contribution is 2.31. The molecule has 0 bridgehead atoms. The number of aromatic nitrogens is 1. The molecule has 1 atom stereocenters. The van der Waals surface area contributed by atoms with Crippen molar-refractivity contribution < 1.29 is 9.18 Å². The lowest BCUT2D eigenvalue weighted by molar-refractivity contribution is -0.115. The standard InChI is InChI=1S/C20H19FN2OS2/c1-13-18(26-20(22-13)15-8-4-3-5-9-15)12-25-14(2)19(24)23-17-11-7-6-10-16(17)21/h3-11,14H,12H2,1-2H3,(H,23,24). The maximum absolute atomic E-state index is 13.7. The first-order valence-electron chi connectivity index (χ1n) is 8.23. The van der Waals surface area contributed by atoms with Gasteiger partial charge in [0.25, 0.3) is 0 Å². The van der Waals surface area contributed by atoms with Gasteiger partial charge in [0.2, 0.25) is 5.91 Å². The Bertz CT molecular complexity index is 896. The number of aryl methyl sites for hydroxylation is 1. The van der Waals surface area contributed by atoms with Crippen molar-refractivity contribution in [3.8, 4) is 10.6 Å². The van der Waals surface area contributed by atoms with Crippen LogP contribution in [0.4, 0.5) is 10.1 Å². The summed E-state index contributed by atoms with van der Waals surface area (Å²) in [6, 6.07) is 16.2. The Kier molecular flexibility index (Phi) is 6.06. The summed E-state index contributed by atoms with van der Waals surface area (Å²) in [5.74, 6) is 0.0664. The number of para-hydroxylation sites is 1. The number of carbonyl (C=O) groups is 1. The van der Waals surface area contributed by atoms with Gasteiger partial charge in [0, 0.05) is 16.2 Å². The molecule has 1 N–H and O–H groups in total. The summed E-state index contributed by atoms with van der Waals surface area (Å²) < 4.78 is 13.7. The van der Waals surface area contributed by atoms with E-state index in [-0.39, 0.29) is 16.8 Å². The first-order valence-corrected chi connectivity index (χ1v) is 10.1. The van der Waals surface area contributed by atoms with Crippen molar-refractivity contribution in [2.45, 2.75) is 24.9 Å². The fraction of sp³-hybridized carbons (Fsp3) is 0.200. The molecule has 0 aliphatic heterocycles. The maximum atomic E-state index is 13.7. The van der Waals surface area contributed by atoms with Crippen LogP contribution in [0.1, 0.15) is 17.5 Å². The Morgan fingerprint density at radius 1 is 1.19 bits per heavy atom. The molecule has 1 aromatic heterocycles. The molecule has 0 aliphatic rings. The van der Waals surface area contributed by atoms with E-state index in [1.807, 2.05) is 44.2 Å². The molecule has 0 aliphatic carbocycles. The number of rotatable bonds is 6. The zero-order chi connectivity index (χ0) is 18.5. The smallest absolute Gasteiger partial charge is 0.237 e. The summed E-state index contributed by atoms with van der Waals surface area (Å²) in [6.45, 7) is 3.82. The minimum atomic E-state index is -0.427. The third kappa shape index (κ3) is 4.51. The van der Waals surface area contributed by atoms with Gasteiger partial charge < -0.3 is 5.32 Å². The number of hydrogen-bond acceptors (Lipinski definition) is 4. The Morgan fingerprint density at radius 2 is 1.88 bits per heavy atom. The van der Waals surface area contributed by atoms with Crippen LogP contribution in [0.15, 0.2) is 54.6 Å². The molecular formula is C20H19FN2OS2. The number of benzene rings is 2. The molecular weight excluding hydrogens is 367 g/mol. The molecule has 2 aromatic carbocycles. The van der Waals surface area contributed by atoms with Crippen LogP contribution < -0.4 is 5.32 Å². The van der Waals surface area contributed by atoms with Gasteiger partial charge >= 0.3 is 0 Å². The number of thioether (sulfide) groups is 1. The van der Waals surface area contributed by atoms with E-state index in [0.717, 1.165) is 21.1 Å². The molecule has 0 radical (unpaired) electrons. The van der Waals surface area contributed by atoms with Gasteiger partial charge in [-0.15, -0.1) is 23.1 Å². The largest absolute Gasteiger partial charge is 0.323 e. The van der Waals surface area contributed by atoms with Crippen molar-refractivity contribution in [1.29, 1.82) is 0 Å². The van der Waals surface area contributed by atoms with Gasteiger partial charge in [-0.2, -0.15) is 0 Å². The number of amides is 1. The second-order valence-corrected chi connectivity index (χ2v) is 8.23. The number of thiazole rings is 1. The molecule has 3 nitrogen and oxygen atoms in total. The van der Waals surface area contributed by atoms with Gasteiger partial charge in [-0.25, -0.2) is 9.37 Å². The predicted octanol–water partition coefficient (Wildman–Crippen LogP) is 5.52. The van der Waals surface area contributed by atoms with Crippen LogP contribution in [0, 0.1) is 12.7 Å². The second-order valence-electron chi connectivity index (χ2n) is 5.82. The highest BCUT2D eigenvalue weighted by molar-refractivity contribution is 7.99. The van der Waals surface area contributed by atoms with E-state index in [2.05, 4.69) is 10.3 Å². The van der Waals surface area contributed by atoms with E-state index in [0.29, 0.717) is 5.75 Å². The van der Waals surface area contributed by atoms with Gasteiger partial charge in [-0.05, 0) is 26.0 Å². The van der Waals surface area contributed by atoms with Gasteiger partial charge in [0.1, 0.15) is 10.8 Å². The highest BCUT2D eigenvalue weighted by Gasteiger charge is 2.17. The molecule has 1 heterocycles. The Balaban J connectivity index is 1.61. The molecule has 0 saturated carbocycles. The van der Waals surface area contributed by atoms with E-state index < -0.39 is 5.82 Å². The van der Waals surface area contributed by atoms with Crippen LogP contribution in [0.3, 0.4) is 0 Å². The summed E-state index contributed by atoms with van der Waals surface area (Å²) in [4.78, 5) is 18.1. The molecule has 0 fully saturated rings. The number of carbonyl (C=O) groups excluding carboxylic acids is 1. The van der Waals surface area contributed by atoms with Crippen molar-refractivity contribution in [2.24, 2.45) is 0 Å². The second kappa shape index (κ2) is 8.47. The zero-order valence-electron chi connectivity index (χ0n) is 14.5. The van der Waals surface area contributed by atoms with Gasteiger partial charge in [0.05, 0.1) is 16.6 Å². The molecule has 1 unspecified atom stereocenters. The lowest BCUT2D eigenvalue weighted by atomic mass is 10.2. The summed E-state index contributed by atoms with van der Waals surface area (Å²) >= 11 is 3.17. The maximum Gasteiger partial charge on any atom is 0.237 e. The monoisotopic (exact) mass is 386 g/mol. The average molecular weight is 387 g/mol. The fourth-order valence-electron chi connectivity index (χ4n) is 2.34. The van der Waals surface area contributed by atoms with Crippen molar-refractivity contribution in [3.05, 3.63) is 71.0 Å². The minimum absolute atomic E-state index is 0.203. The SMILES string of the molecule is Cc1nc(-c2ccccc2)sc1CSC(C)C(=O)Nc1ccccc1F. The lowest BCUT2D eigenvalue weighted by Gasteiger charge is -2.12. The van der Waals surface area contributed by atoms with E-state index in [1.165, 1.54) is 17.8 Å². The van der Waals surface area contributed by atoms with Crippen LogP contribution in [-0.4, -0.2) is 16.1 Å². The molecule has 3 aromatic rings. The lowest BCUT2D eigenvalue weighted by Crippen LogP contribution is -2.23. The van der Waals surface area contributed by atoms with E-state index in [9.17, 15) is 9.18 Å². The van der Waals surface area contributed by atoms with Crippen molar-refractivity contribution >= 4 is 34.7 Å². The summed E-state index contributed by atoms with van der Waals surface area (Å²) in [6.07, 6.45) is 0. The topological polar surface area (TPSA) is 42.0 Å². The molecule has 1 amide bonds. The molecule has 3 rings (SSSR count). The van der Waals surface area contributed by atoms with Gasteiger partial charge in [-0.1, -0.05) is 42.5 Å². The fourth-order valence-corrected chi connectivity index (χ4v) is 4.46. The summed E-state index contributed by atoms with van der Waals surface area (Å²) in [7, 11) is 0. The zero-order valence-corrected chi connectivity index (χ0v) is 16.2. The van der Waals surface area contributed by atoms with E-state index in [1.54, 1.807) is 29.5 Å². The van der Waals surface area contributed by atoms with E-state index >= 15 is 0 Å². The Labute approximate surface area is 160 Å². The molecule has 134 valence electrons. The molecule has 26 heavy (non-hydrogen) atoms. The van der Waals surface area contributed by atoms with E-state index in [4.69, 9.17) is 0 Å². The normalized spacial score (nSPS) is 12.0. The minimum Gasteiger partial charge on any atom is -0.323 e. The third-order valence-electron chi connectivity index (χ3n) is 3.88. The summed E-state index contributed by atoms with van der Waals surface area (Å²) in [5.41, 5.74) is 2.30. The average Bonchev–Trinajstić information content (AvgIpc) is 3.03. The Morgan fingerprint density at radius 3 is 2.62 bits per heavy atom. The highest BCUT2D eigenvalue weighted by atomic mass is 32.2. The predicted molar refractivity (Wildman–Crippen MR) is 108 cm³/mol. The van der Waals surface area contributed by atoms with Gasteiger partial charge in [0.15, 0.2) is 0 Å². The molecule has 6 heteroatoms. The van der Waals surface area contributed by atoms with Crippen LogP contribution in [-0.2, 0) is 10.5 Å². The van der Waals surface area contributed by atoms with Crippen LogP contribution >= 0.6 is 23.1 Å². The van der Waals surface area contributed by atoms with Crippen LogP contribution in [0.5, 0.6) is 0 Å². The number of anilines is 1. The van der Waals surface area contributed by atoms with Gasteiger partial charge in [-0.3, -0.25) is 4.79 Å². The summed E-state index contributed by atoms with van der Waals surface area (Å²) in [5, 5.41) is 3.34. The number of hydrogen-bond donors (Lipinski definition) is 1. The number of nitrogens with zero attached hydrogens (tertiary/aromatic N) is 1. The third-order valence-corrected chi connectivity index (χ3v) is 6.44. The number of nitrogens with one attached hydrogen (secondary N) is 1. The van der Waals surface area contributed by atoms with Crippen molar-refractivity contribution in [1.82, 2.24) is 4.98 Å². The van der Waals surface area contributed by atoms with Crippen molar-refractivity contribution in [2.75, 3.05) is 5.32 Å². The first-order chi connectivity index (χ1) is 12.5. The quantitative estimate of drug-likeness (QED) is 0.607. The first kappa shape index (κ1) is 18.6. The van der Waals surface area contributed by atoms with Crippen molar-refractivity contribution in [3.63, 3.8) is 0 Å². The molecule has 0 spiro atoms. The van der Waals surface area contributed by atoms with Crippen LogP contribution in [0.2, 0.25) is 0 Å². The Hall–Kier alpha value is -2.18. The molecule has 0 saturated heterocycles. The van der Waals surface area contributed by atoms with Crippen LogP contribution in [0.25, 0.3) is 10.6 Å². The number of halogens is 1.